The smallest absolute Gasteiger partial charge is 0.338 e. The molecule has 1 aromatic carbocycles. The third-order valence-electron chi connectivity index (χ3n) is 2.47. The number of carboxylic acids is 1. The lowest BCUT2D eigenvalue weighted by molar-refractivity contribution is 0.0698. The molecule has 98 valence electrons. The average Bonchev–Trinajstić information content (AvgIpc) is 2.87. The Labute approximate surface area is 113 Å². The van der Waals surface area contributed by atoms with Gasteiger partial charge in [0.1, 0.15) is 10.8 Å². The summed E-state index contributed by atoms with van der Waals surface area (Å²) in [7, 11) is 1.47. The summed E-state index contributed by atoms with van der Waals surface area (Å²) < 4.78 is 5.09. The molecule has 0 aliphatic heterocycles. The molecule has 0 bridgehead atoms. The first kappa shape index (κ1) is 13.1. The molecule has 0 spiro atoms. The molecule has 1 amide bonds. The van der Waals surface area contributed by atoms with Crippen molar-refractivity contribution in [3.63, 3.8) is 0 Å². The Hall–Kier alpha value is -2.34. The minimum Gasteiger partial charge on any atom is -0.496 e. The summed E-state index contributed by atoms with van der Waals surface area (Å²) >= 11 is 1.16. The number of thiophene rings is 1. The van der Waals surface area contributed by atoms with Crippen LogP contribution in [0.5, 0.6) is 5.75 Å². The summed E-state index contributed by atoms with van der Waals surface area (Å²) in [6, 6.07) is 8.20. The number of carboxylic acid groups (broad SMARTS) is 1. The van der Waals surface area contributed by atoms with Gasteiger partial charge in [-0.05, 0) is 23.6 Å². The Morgan fingerprint density at radius 3 is 2.63 bits per heavy atom. The van der Waals surface area contributed by atoms with Crippen LogP contribution in [0.25, 0.3) is 0 Å². The van der Waals surface area contributed by atoms with Gasteiger partial charge in [0.2, 0.25) is 0 Å². The summed E-state index contributed by atoms with van der Waals surface area (Å²) in [5.41, 5.74) is 0.433. The Balaban J connectivity index is 2.26. The minimum atomic E-state index is -1.07. The highest BCUT2D eigenvalue weighted by atomic mass is 32.1. The lowest BCUT2D eigenvalue weighted by Crippen LogP contribution is -2.14. The molecule has 0 atom stereocenters. The van der Waals surface area contributed by atoms with E-state index in [1.54, 1.807) is 29.6 Å². The number of carbonyl (C=O) groups is 2. The zero-order chi connectivity index (χ0) is 13.8. The number of amides is 1. The molecule has 5 nitrogen and oxygen atoms in total. The number of methoxy groups -OCH3 is 1. The number of ether oxygens (including phenoxy) is 1. The second-order valence-corrected chi connectivity index (χ2v) is 4.54. The fraction of sp³-hybridized carbons (Fsp3) is 0.0769. The lowest BCUT2D eigenvalue weighted by atomic mass is 10.2. The van der Waals surface area contributed by atoms with E-state index in [-0.39, 0.29) is 5.56 Å². The molecule has 2 aromatic rings. The van der Waals surface area contributed by atoms with Crippen molar-refractivity contribution in [1.82, 2.24) is 0 Å². The first-order valence-electron chi connectivity index (χ1n) is 5.38. The average molecular weight is 277 g/mol. The van der Waals surface area contributed by atoms with Crippen molar-refractivity contribution >= 4 is 28.2 Å². The van der Waals surface area contributed by atoms with Crippen molar-refractivity contribution in [3.05, 3.63) is 46.8 Å². The molecule has 1 aromatic heterocycles. The number of aromatic carboxylic acids is 1. The Kier molecular flexibility index (Phi) is 3.82. The molecule has 19 heavy (non-hydrogen) atoms. The number of benzene rings is 1. The van der Waals surface area contributed by atoms with Crippen LogP contribution in [0.4, 0.5) is 5.00 Å². The van der Waals surface area contributed by atoms with E-state index in [2.05, 4.69) is 5.32 Å². The van der Waals surface area contributed by atoms with E-state index in [4.69, 9.17) is 9.84 Å². The number of hydrogen-bond acceptors (Lipinski definition) is 4. The molecule has 1 heterocycles. The molecule has 0 radical (unpaired) electrons. The molecule has 0 fully saturated rings. The topological polar surface area (TPSA) is 75.6 Å². The van der Waals surface area contributed by atoms with E-state index < -0.39 is 11.9 Å². The molecule has 6 heteroatoms. The van der Waals surface area contributed by atoms with Crippen molar-refractivity contribution in [1.29, 1.82) is 0 Å². The van der Waals surface area contributed by atoms with Crippen molar-refractivity contribution < 1.29 is 19.4 Å². The maximum Gasteiger partial charge on any atom is 0.338 e. The summed E-state index contributed by atoms with van der Waals surface area (Å²) in [5.74, 6) is -1.03. The molecule has 0 aliphatic rings. The first-order chi connectivity index (χ1) is 9.13. The second-order valence-electron chi connectivity index (χ2n) is 3.62. The van der Waals surface area contributed by atoms with Crippen LogP contribution in [-0.2, 0) is 0 Å². The summed E-state index contributed by atoms with van der Waals surface area (Å²) in [6.45, 7) is 0. The normalized spacial score (nSPS) is 9.95. The van der Waals surface area contributed by atoms with Crippen molar-refractivity contribution in [2.24, 2.45) is 0 Å². The number of carbonyl (C=O) groups excluding carboxylic acids is 1. The maximum atomic E-state index is 12.1. The first-order valence-corrected chi connectivity index (χ1v) is 6.26. The van der Waals surface area contributed by atoms with E-state index >= 15 is 0 Å². The number of para-hydroxylation sites is 1. The van der Waals surface area contributed by atoms with E-state index in [1.165, 1.54) is 13.2 Å². The predicted octanol–water partition coefficient (Wildman–Crippen LogP) is 2.71. The van der Waals surface area contributed by atoms with E-state index in [0.717, 1.165) is 11.3 Å². The quantitative estimate of drug-likeness (QED) is 0.901. The fourth-order valence-corrected chi connectivity index (χ4v) is 2.35. The van der Waals surface area contributed by atoms with Crippen molar-refractivity contribution in [3.8, 4) is 5.75 Å². The lowest BCUT2D eigenvalue weighted by Gasteiger charge is -2.08. The van der Waals surface area contributed by atoms with Gasteiger partial charge < -0.3 is 15.2 Å². The summed E-state index contributed by atoms with van der Waals surface area (Å²) in [6.07, 6.45) is 0. The van der Waals surface area contributed by atoms with E-state index in [9.17, 15) is 9.59 Å². The number of nitrogens with one attached hydrogen (secondary N) is 1. The Morgan fingerprint density at radius 2 is 1.95 bits per heavy atom. The third-order valence-corrected chi connectivity index (χ3v) is 3.30. The molecule has 0 unspecified atom stereocenters. The van der Waals surface area contributed by atoms with Crippen molar-refractivity contribution in [2.45, 2.75) is 0 Å². The molecule has 0 saturated heterocycles. The van der Waals surface area contributed by atoms with Gasteiger partial charge in [0, 0.05) is 0 Å². The van der Waals surface area contributed by atoms with Crippen LogP contribution in [0.15, 0.2) is 35.7 Å². The number of anilines is 1. The zero-order valence-electron chi connectivity index (χ0n) is 10.0. The SMILES string of the molecule is COc1ccccc1C(=O)Nc1sccc1C(=O)O. The second kappa shape index (κ2) is 5.53. The van der Waals surface area contributed by atoms with Gasteiger partial charge in [-0.3, -0.25) is 4.79 Å². The van der Waals surface area contributed by atoms with Gasteiger partial charge >= 0.3 is 5.97 Å². The summed E-state index contributed by atoms with van der Waals surface area (Å²) in [5, 5.41) is 13.5. The van der Waals surface area contributed by atoms with Crippen LogP contribution in [-0.4, -0.2) is 24.1 Å². The van der Waals surface area contributed by atoms with E-state index in [0.29, 0.717) is 16.3 Å². The number of rotatable bonds is 4. The molecule has 2 N–H and O–H groups in total. The molecular formula is C13H11NO4S. The van der Waals surface area contributed by atoms with E-state index in [1.807, 2.05) is 0 Å². The zero-order valence-corrected chi connectivity index (χ0v) is 10.9. The van der Waals surface area contributed by atoms with Gasteiger partial charge in [-0.25, -0.2) is 4.79 Å². The van der Waals surface area contributed by atoms with Gasteiger partial charge in [0.05, 0.1) is 18.2 Å². The van der Waals surface area contributed by atoms with Gasteiger partial charge in [-0.1, -0.05) is 12.1 Å². The highest BCUT2D eigenvalue weighted by Gasteiger charge is 2.17. The van der Waals surface area contributed by atoms with Crippen molar-refractivity contribution in [2.75, 3.05) is 12.4 Å². The van der Waals surface area contributed by atoms with Crippen LogP contribution < -0.4 is 10.1 Å². The number of hydrogen-bond donors (Lipinski definition) is 2. The van der Waals surface area contributed by atoms with Crippen LogP contribution in [0.3, 0.4) is 0 Å². The third kappa shape index (κ3) is 2.74. The van der Waals surface area contributed by atoms with Gasteiger partial charge in [-0.15, -0.1) is 11.3 Å². The van der Waals surface area contributed by atoms with Crippen LogP contribution in [0.2, 0.25) is 0 Å². The molecular weight excluding hydrogens is 266 g/mol. The standard InChI is InChI=1S/C13H11NO4S/c1-18-10-5-3-2-4-8(10)11(15)14-12-9(13(16)17)6-7-19-12/h2-7H,1H3,(H,14,15)(H,16,17). The predicted molar refractivity (Wildman–Crippen MR) is 72.2 cm³/mol. The Bertz CT molecular complexity index is 621. The molecule has 2 rings (SSSR count). The summed E-state index contributed by atoms with van der Waals surface area (Å²) in [4.78, 5) is 23.0. The minimum absolute atomic E-state index is 0.0771. The van der Waals surface area contributed by atoms with Crippen LogP contribution in [0, 0.1) is 0 Å². The maximum absolute atomic E-state index is 12.1. The molecule has 0 saturated carbocycles. The van der Waals surface area contributed by atoms with Gasteiger partial charge in [-0.2, -0.15) is 0 Å². The van der Waals surface area contributed by atoms with Gasteiger partial charge in [0.15, 0.2) is 0 Å². The molecule has 0 aliphatic carbocycles. The highest BCUT2D eigenvalue weighted by Crippen LogP contribution is 2.25. The van der Waals surface area contributed by atoms with Crippen LogP contribution in [0.1, 0.15) is 20.7 Å². The highest BCUT2D eigenvalue weighted by molar-refractivity contribution is 7.14. The fourth-order valence-electron chi connectivity index (χ4n) is 1.58. The van der Waals surface area contributed by atoms with Gasteiger partial charge in [0.25, 0.3) is 5.91 Å². The largest absolute Gasteiger partial charge is 0.496 e. The monoisotopic (exact) mass is 277 g/mol. The Morgan fingerprint density at radius 1 is 1.21 bits per heavy atom. The van der Waals surface area contributed by atoms with Crippen LogP contribution >= 0.6 is 11.3 Å².